The van der Waals surface area contributed by atoms with Crippen molar-refractivity contribution < 1.29 is 57.2 Å². The van der Waals surface area contributed by atoms with E-state index in [-0.39, 0.29) is 66.9 Å². The SMILES string of the molecule is C#Cc1ccc(C(=O)OCC(COc2ccc3ccccc3c2Cc2c(OCC(COC(=O)c3ccc(C#C)cc3)OC(=O)c3ccc(NC(C)=O)cc3)ccc3ccccc23)OC(=O)c2ccc(NC(C)=O)cc2)cc1. The highest BCUT2D eigenvalue weighted by Crippen LogP contribution is 2.37. The highest BCUT2D eigenvalue weighted by Gasteiger charge is 2.25. The zero-order valence-corrected chi connectivity index (χ0v) is 41.9. The third-order valence-electron chi connectivity index (χ3n) is 12.0. The van der Waals surface area contributed by atoms with E-state index in [0.29, 0.717) is 34.0 Å². The fourth-order valence-corrected chi connectivity index (χ4v) is 8.18. The van der Waals surface area contributed by atoms with Gasteiger partial charge in [-0.25, -0.2) is 19.2 Å². The van der Waals surface area contributed by atoms with Crippen molar-refractivity contribution in [2.45, 2.75) is 32.5 Å². The van der Waals surface area contributed by atoms with Crippen LogP contribution in [0.1, 0.15) is 77.5 Å². The van der Waals surface area contributed by atoms with Crippen LogP contribution in [-0.4, -0.2) is 74.3 Å². The Bertz CT molecular complexity index is 3320. The summed E-state index contributed by atoms with van der Waals surface area (Å²) >= 11 is 0. The molecular weight excluding hydrogens is 977 g/mol. The Labute approximate surface area is 444 Å². The van der Waals surface area contributed by atoms with Gasteiger partial charge in [-0.15, -0.1) is 12.8 Å². The minimum atomic E-state index is -1.12. The van der Waals surface area contributed by atoms with Gasteiger partial charge >= 0.3 is 23.9 Å². The number of hydrogen-bond donors (Lipinski definition) is 2. The van der Waals surface area contributed by atoms with Crippen LogP contribution in [0, 0.1) is 24.7 Å². The summed E-state index contributed by atoms with van der Waals surface area (Å²) in [7, 11) is 0. The van der Waals surface area contributed by atoms with E-state index in [2.05, 4.69) is 22.5 Å². The maximum atomic E-state index is 13.7. The maximum Gasteiger partial charge on any atom is 0.338 e. The van der Waals surface area contributed by atoms with Gasteiger partial charge in [0, 0.05) is 53.9 Å². The van der Waals surface area contributed by atoms with Crippen LogP contribution in [-0.2, 0) is 35.0 Å². The standard InChI is InChI=1S/C63H50N2O12/c1-5-42-15-19-46(20-16-42)60(68)74-38-52(76-62(70)48-23-29-50(30-24-48)64-40(3)66)36-72-58-33-27-44-11-7-9-13-54(44)56(58)35-57-55-14-10-8-12-45(55)28-34-59(57)73-37-53(39-75-61(69)47-21-17-43(6-2)18-22-47)77-63(71)49-25-31-51(32-26-49)65-41(4)67/h1-2,7-34,52-53H,35-39H2,3-4H3,(H,64,66)(H,65,67). The Morgan fingerprint density at radius 2 is 0.779 bits per heavy atom. The summed E-state index contributed by atoms with van der Waals surface area (Å²) in [5.74, 6) is 2.53. The average Bonchev–Trinajstić information content (AvgIpc) is 3.45. The fourth-order valence-electron chi connectivity index (χ4n) is 8.18. The van der Waals surface area contributed by atoms with Gasteiger partial charge in [-0.1, -0.05) is 72.5 Å². The summed E-state index contributed by atoms with van der Waals surface area (Å²) in [4.78, 5) is 77.2. The molecule has 8 rings (SSSR count). The van der Waals surface area contributed by atoms with E-state index in [1.165, 1.54) is 38.1 Å². The number of terminal acetylenes is 2. The highest BCUT2D eigenvalue weighted by atomic mass is 16.6. The van der Waals surface area contributed by atoms with Crippen LogP contribution < -0.4 is 20.1 Å². The van der Waals surface area contributed by atoms with Crippen molar-refractivity contribution in [3.05, 3.63) is 214 Å². The van der Waals surface area contributed by atoms with Gasteiger partial charge in [0.2, 0.25) is 11.8 Å². The molecule has 14 nitrogen and oxygen atoms in total. The van der Waals surface area contributed by atoms with Crippen LogP contribution in [0.3, 0.4) is 0 Å². The first-order valence-corrected chi connectivity index (χ1v) is 24.3. The van der Waals surface area contributed by atoms with E-state index in [1.807, 2.05) is 72.8 Å². The summed E-state index contributed by atoms with van der Waals surface area (Å²) in [6.45, 7) is 1.49. The van der Waals surface area contributed by atoms with E-state index in [0.717, 1.165) is 32.7 Å². The molecule has 0 aliphatic carbocycles. The van der Waals surface area contributed by atoms with E-state index < -0.39 is 36.1 Å². The predicted molar refractivity (Wildman–Crippen MR) is 291 cm³/mol. The van der Waals surface area contributed by atoms with Crippen LogP contribution >= 0.6 is 0 Å². The van der Waals surface area contributed by atoms with Crippen molar-refractivity contribution in [3.63, 3.8) is 0 Å². The van der Waals surface area contributed by atoms with Crippen LogP contribution in [0.25, 0.3) is 21.5 Å². The third-order valence-corrected chi connectivity index (χ3v) is 12.0. The smallest absolute Gasteiger partial charge is 0.338 e. The van der Waals surface area contributed by atoms with E-state index >= 15 is 0 Å². The zero-order valence-electron chi connectivity index (χ0n) is 41.9. The molecule has 14 heteroatoms. The Morgan fingerprint density at radius 3 is 1.14 bits per heavy atom. The number of esters is 4. The topological polar surface area (TPSA) is 182 Å². The van der Waals surface area contributed by atoms with Crippen molar-refractivity contribution in [1.29, 1.82) is 0 Å². The van der Waals surface area contributed by atoms with Crippen LogP contribution in [0.15, 0.2) is 170 Å². The Kier molecular flexibility index (Phi) is 17.4. The molecule has 8 aromatic rings. The molecule has 8 aromatic carbocycles. The number of fused-ring (bicyclic) bond motifs is 2. The molecule has 384 valence electrons. The summed E-state index contributed by atoms with van der Waals surface area (Å²) in [5.41, 5.74) is 4.44. The van der Waals surface area contributed by atoms with Gasteiger partial charge in [0.25, 0.3) is 0 Å². The first-order valence-electron chi connectivity index (χ1n) is 24.3. The number of benzene rings is 8. The van der Waals surface area contributed by atoms with Crippen LogP contribution in [0.5, 0.6) is 11.5 Å². The summed E-state index contributed by atoms with van der Waals surface area (Å²) in [6, 6.07) is 47.9. The van der Waals surface area contributed by atoms with Crippen LogP contribution in [0.2, 0.25) is 0 Å². The van der Waals surface area contributed by atoms with Crippen molar-refractivity contribution in [3.8, 4) is 36.2 Å². The number of carbonyl (C=O) groups is 6. The van der Waals surface area contributed by atoms with Gasteiger partial charge in [-0.3, -0.25) is 9.59 Å². The van der Waals surface area contributed by atoms with Crippen molar-refractivity contribution in [2.75, 3.05) is 37.1 Å². The number of carbonyl (C=O) groups excluding carboxylic acids is 6. The largest absolute Gasteiger partial charge is 0.489 e. The quantitative estimate of drug-likeness (QED) is 0.0419. The van der Waals surface area contributed by atoms with Gasteiger partial charge in [0.15, 0.2) is 12.2 Å². The first kappa shape index (κ1) is 53.1. The molecular formula is C63H50N2O12. The van der Waals surface area contributed by atoms with E-state index in [9.17, 15) is 28.8 Å². The van der Waals surface area contributed by atoms with Gasteiger partial charge in [-0.2, -0.15) is 0 Å². The minimum Gasteiger partial charge on any atom is -0.489 e. The first-order chi connectivity index (χ1) is 37.3. The normalized spacial score (nSPS) is 11.4. The molecule has 0 fully saturated rings. The lowest BCUT2D eigenvalue weighted by Crippen LogP contribution is -2.31. The van der Waals surface area contributed by atoms with Gasteiger partial charge < -0.3 is 39.1 Å². The number of amides is 2. The number of hydrogen-bond acceptors (Lipinski definition) is 12. The second-order valence-electron chi connectivity index (χ2n) is 17.5. The number of nitrogens with one attached hydrogen (secondary N) is 2. The van der Waals surface area contributed by atoms with Crippen LogP contribution in [0.4, 0.5) is 11.4 Å². The molecule has 2 amide bonds. The summed E-state index contributed by atoms with van der Waals surface area (Å²) in [5, 5.41) is 8.83. The molecule has 0 spiro atoms. The van der Waals surface area contributed by atoms with Crippen molar-refractivity contribution >= 4 is 68.6 Å². The highest BCUT2D eigenvalue weighted by molar-refractivity contribution is 5.95. The van der Waals surface area contributed by atoms with E-state index in [4.69, 9.17) is 41.3 Å². The van der Waals surface area contributed by atoms with Gasteiger partial charge in [0.1, 0.15) is 37.9 Å². The molecule has 2 N–H and O–H groups in total. The molecule has 2 atom stereocenters. The molecule has 0 aliphatic heterocycles. The number of anilines is 2. The Balaban J connectivity index is 1.08. The Morgan fingerprint density at radius 1 is 0.429 bits per heavy atom. The average molecular weight is 1030 g/mol. The fraction of sp³-hybridized carbons (Fsp3) is 0.143. The second-order valence-corrected chi connectivity index (χ2v) is 17.5. The monoisotopic (exact) mass is 1030 g/mol. The number of ether oxygens (including phenoxy) is 6. The van der Waals surface area contributed by atoms with Crippen molar-refractivity contribution in [1.82, 2.24) is 0 Å². The molecule has 0 heterocycles. The lowest BCUT2D eigenvalue weighted by Gasteiger charge is -2.22. The molecule has 2 unspecified atom stereocenters. The van der Waals surface area contributed by atoms with E-state index in [1.54, 1.807) is 72.8 Å². The van der Waals surface area contributed by atoms with Gasteiger partial charge in [0.05, 0.1) is 22.3 Å². The Hall–Kier alpha value is -10.2. The minimum absolute atomic E-state index is 0.179. The van der Waals surface area contributed by atoms with Crippen molar-refractivity contribution in [2.24, 2.45) is 0 Å². The molecule has 0 saturated carbocycles. The molecule has 77 heavy (non-hydrogen) atoms. The zero-order chi connectivity index (χ0) is 54.3. The second kappa shape index (κ2) is 25.2. The third kappa shape index (κ3) is 14.1. The summed E-state index contributed by atoms with van der Waals surface area (Å²) < 4.78 is 36.5. The lowest BCUT2D eigenvalue weighted by atomic mass is 9.93. The maximum absolute atomic E-state index is 13.7. The molecule has 0 bridgehead atoms. The molecule has 0 aliphatic rings. The molecule has 0 aromatic heterocycles. The molecule has 0 saturated heterocycles. The number of rotatable bonds is 20. The lowest BCUT2D eigenvalue weighted by molar-refractivity contribution is -0.115. The summed E-state index contributed by atoms with van der Waals surface area (Å²) in [6.07, 6.45) is 9.02. The van der Waals surface area contributed by atoms with Gasteiger partial charge in [-0.05, 0) is 131 Å². The molecule has 0 radical (unpaired) electrons. The predicted octanol–water partition coefficient (Wildman–Crippen LogP) is 10.4.